The lowest BCUT2D eigenvalue weighted by Crippen LogP contribution is -2.28. The molecule has 0 heterocycles. The Balaban J connectivity index is 3.19. The number of aliphatic carboxylic acids is 1. The summed E-state index contributed by atoms with van der Waals surface area (Å²) < 4.78 is 0. The zero-order valence-corrected chi connectivity index (χ0v) is 11.6. The van der Waals surface area contributed by atoms with E-state index >= 15 is 0 Å². The minimum atomic E-state index is -0.949. The second-order valence-corrected chi connectivity index (χ2v) is 5.53. The van der Waals surface area contributed by atoms with E-state index in [-0.39, 0.29) is 12.2 Å². The number of ketones is 1. The number of Topliss-reactive ketones (excluding diaryl/α,β-unsaturated/α-hetero) is 1. The normalized spacial score (nSPS) is 11.4. The number of carbonyl (C=O) groups is 2. The Morgan fingerprint density at radius 3 is 2.06 bits per heavy atom. The zero-order chi connectivity index (χ0) is 14.1. The lowest BCUT2D eigenvalue weighted by molar-refractivity contribution is -0.138. The van der Waals surface area contributed by atoms with Crippen molar-refractivity contribution in [3.8, 4) is 0 Å². The van der Waals surface area contributed by atoms with Crippen molar-refractivity contribution in [2.75, 3.05) is 0 Å². The third-order valence-electron chi connectivity index (χ3n) is 3.29. The average Bonchev–Trinajstić information content (AvgIpc) is 2.20. The van der Waals surface area contributed by atoms with Crippen molar-refractivity contribution >= 4 is 11.8 Å². The van der Waals surface area contributed by atoms with Gasteiger partial charge in [0.1, 0.15) is 0 Å². The van der Waals surface area contributed by atoms with E-state index in [1.165, 1.54) is 0 Å². The van der Waals surface area contributed by atoms with Gasteiger partial charge in [-0.3, -0.25) is 9.59 Å². The molecule has 0 atom stereocenters. The van der Waals surface area contributed by atoms with Gasteiger partial charge in [0.25, 0.3) is 0 Å². The fourth-order valence-electron chi connectivity index (χ4n) is 2.03. The molecule has 1 aromatic rings. The van der Waals surface area contributed by atoms with Gasteiger partial charge in [-0.25, -0.2) is 0 Å². The first-order chi connectivity index (χ1) is 8.15. The highest BCUT2D eigenvalue weighted by molar-refractivity contribution is 6.02. The average molecular weight is 248 g/mol. The summed E-state index contributed by atoms with van der Waals surface area (Å²) in [5.41, 5.74) is 2.85. The van der Waals surface area contributed by atoms with Gasteiger partial charge in [0.2, 0.25) is 0 Å². The van der Waals surface area contributed by atoms with Gasteiger partial charge in [-0.05, 0) is 43.5 Å². The summed E-state index contributed by atoms with van der Waals surface area (Å²) in [6.07, 6.45) is -0.155. The van der Waals surface area contributed by atoms with Crippen LogP contribution in [0.25, 0.3) is 0 Å². The maximum Gasteiger partial charge on any atom is 0.304 e. The lowest BCUT2D eigenvalue weighted by Gasteiger charge is -2.22. The van der Waals surface area contributed by atoms with Gasteiger partial charge in [0.05, 0.1) is 6.42 Å². The topological polar surface area (TPSA) is 54.4 Å². The molecule has 0 radical (unpaired) electrons. The molecule has 0 saturated carbocycles. The molecule has 3 nitrogen and oxygen atoms in total. The van der Waals surface area contributed by atoms with Crippen LogP contribution in [0.5, 0.6) is 0 Å². The molecule has 0 amide bonds. The van der Waals surface area contributed by atoms with Crippen molar-refractivity contribution < 1.29 is 14.7 Å². The summed E-state index contributed by atoms with van der Waals surface area (Å²) in [5, 5.41) is 8.86. The van der Waals surface area contributed by atoms with Crippen molar-refractivity contribution in [2.24, 2.45) is 5.41 Å². The van der Waals surface area contributed by atoms with E-state index in [2.05, 4.69) is 0 Å². The predicted octanol–water partition coefficient (Wildman–Crippen LogP) is 3.30. The Labute approximate surface area is 108 Å². The number of rotatable bonds is 4. The van der Waals surface area contributed by atoms with Crippen molar-refractivity contribution in [1.29, 1.82) is 0 Å². The van der Waals surface area contributed by atoms with E-state index in [1.54, 1.807) is 13.8 Å². The van der Waals surface area contributed by atoms with Crippen LogP contribution in [0.2, 0.25) is 0 Å². The minimum Gasteiger partial charge on any atom is -0.481 e. The Hall–Kier alpha value is -1.64. The van der Waals surface area contributed by atoms with Crippen molar-refractivity contribution in [3.63, 3.8) is 0 Å². The SMILES string of the molecule is Cc1cc(C)c(C(=O)C(C)(C)CC(=O)O)cc1C. The van der Waals surface area contributed by atoms with Crippen LogP contribution in [0.4, 0.5) is 0 Å². The molecule has 1 aromatic carbocycles. The van der Waals surface area contributed by atoms with Crippen LogP contribution in [0.3, 0.4) is 0 Å². The van der Waals surface area contributed by atoms with Crippen LogP contribution >= 0.6 is 0 Å². The standard InChI is InChI=1S/C15H20O3/c1-9-6-11(3)12(7-10(9)2)14(18)15(4,5)8-13(16)17/h6-7H,8H2,1-5H3,(H,16,17). The zero-order valence-electron chi connectivity index (χ0n) is 11.6. The first-order valence-electron chi connectivity index (χ1n) is 5.99. The van der Waals surface area contributed by atoms with E-state index in [1.807, 2.05) is 32.9 Å². The molecule has 0 fully saturated rings. The summed E-state index contributed by atoms with van der Waals surface area (Å²) in [7, 11) is 0. The van der Waals surface area contributed by atoms with Crippen LogP contribution < -0.4 is 0 Å². The molecule has 98 valence electrons. The lowest BCUT2D eigenvalue weighted by atomic mass is 9.79. The molecule has 0 aromatic heterocycles. The molecule has 1 N–H and O–H groups in total. The molecule has 0 aliphatic carbocycles. The van der Waals surface area contributed by atoms with Gasteiger partial charge >= 0.3 is 5.97 Å². The van der Waals surface area contributed by atoms with Gasteiger partial charge in [-0.15, -0.1) is 0 Å². The van der Waals surface area contributed by atoms with Crippen molar-refractivity contribution in [1.82, 2.24) is 0 Å². The molecule has 3 heteroatoms. The van der Waals surface area contributed by atoms with E-state index in [4.69, 9.17) is 5.11 Å². The van der Waals surface area contributed by atoms with Gasteiger partial charge in [0, 0.05) is 11.0 Å². The molecular formula is C15H20O3. The van der Waals surface area contributed by atoms with Crippen molar-refractivity contribution in [3.05, 3.63) is 34.4 Å². The highest BCUT2D eigenvalue weighted by atomic mass is 16.4. The van der Waals surface area contributed by atoms with Gasteiger partial charge in [-0.1, -0.05) is 19.9 Å². The Kier molecular flexibility index (Phi) is 3.95. The number of aryl methyl sites for hydroxylation is 3. The van der Waals surface area contributed by atoms with Gasteiger partial charge in [-0.2, -0.15) is 0 Å². The van der Waals surface area contributed by atoms with Crippen LogP contribution in [0, 0.1) is 26.2 Å². The molecule has 1 rings (SSSR count). The largest absolute Gasteiger partial charge is 0.481 e. The predicted molar refractivity (Wildman–Crippen MR) is 71.0 cm³/mol. The third-order valence-corrected chi connectivity index (χ3v) is 3.29. The summed E-state index contributed by atoms with van der Waals surface area (Å²) >= 11 is 0. The molecule has 0 spiro atoms. The Morgan fingerprint density at radius 1 is 1.06 bits per heavy atom. The van der Waals surface area contributed by atoms with E-state index in [0.717, 1.165) is 16.7 Å². The Bertz CT molecular complexity index is 499. The fraction of sp³-hybridized carbons (Fsp3) is 0.467. The number of hydrogen-bond acceptors (Lipinski definition) is 2. The van der Waals surface area contributed by atoms with E-state index in [0.29, 0.717) is 5.56 Å². The molecule has 0 saturated heterocycles. The second-order valence-electron chi connectivity index (χ2n) is 5.53. The maximum atomic E-state index is 12.4. The Morgan fingerprint density at radius 2 is 1.56 bits per heavy atom. The maximum absolute atomic E-state index is 12.4. The van der Waals surface area contributed by atoms with Crippen LogP contribution in [-0.4, -0.2) is 16.9 Å². The van der Waals surface area contributed by atoms with Crippen LogP contribution in [-0.2, 0) is 4.79 Å². The number of carboxylic acids is 1. The van der Waals surface area contributed by atoms with Crippen LogP contribution in [0.15, 0.2) is 12.1 Å². The summed E-state index contributed by atoms with van der Waals surface area (Å²) in [4.78, 5) is 23.2. The molecular weight excluding hydrogens is 228 g/mol. The number of carboxylic acid groups (broad SMARTS) is 1. The van der Waals surface area contributed by atoms with E-state index < -0.39 is 11.4 Å². The number of benzene rings is 1. The smallest absolute Gasteiger partial charge is 0.304 e. The molecule has 0 bridgehead atoms. The second kappa shape index (κ2) is 4.92. The van der Waals surface area contributed by atoms with E-state index in [9.17, 15) is 9.59 Å². The summed E-state index contributed by atoms with van der Waals surface area (Å²) in [6, 6.07) is 3.83. The summed E-state index contributed by atoms with van der Waals surface area (Å²) in [5.74, 6) is -1.06. The highest BCUT2D eigenvalue weighted by Crippen LogP contribution is 2.28. The first-order valence-corrected chi connectivity index (χ1v) is 5.99. The highest BCUT2D eigenvalue weighted by Gasteiger charge is 2.32. The first kappa shape index (κ1) is 14.4. The van der Waals surface area contributed by atoms with Gasteiger partial charge in [0.15, 0.2) is 5.78 Å². The molecule has 18 heavy (non-hydrogen) atoms. The third kappa shape index (κ3) is 2.97. The van der Waals surface area contributed by atoms with Crippen molar-refractivity contribution in [2.45, 2.75) is 41.0 Å². The number of carbonyl (C=O) groups excluding carboxylic acids is 1. The monoisotopic (exact) mass is 248 g/mol. The molecule has 0 aliphatic rings. The van der Waals surface area contributed by atoms with Gasteiger partial charge < -0.3 is 5.11 Å². The number of hydrogen-bond donors (Lipinski definition) is 1. The molecule has 0 unspecified atom stereocenters. The quantitative estimate of drug-likeness (QED) is 0.832. The van der Waals surface area contributed by atoms with Crippen LogP contribution in [0.1, 0.15) is 47.3 Å². The summed E-state index contributed by atoms with van der Waals surface area (Å²) in [6.45, 7) is 9.20. The minimum absolute atomic E-state index is 0.106. The fourth-order valence-corrected chi connectivity index (χ4v) is 2.03. The molecule has 0 aliphatic heterocycles.